The molecule has 6 heteroatoms. The highest BCUT2D eigenvalue weighted by atomic mass is 16.6. The Morgan fingerprint density at radius 1 is 1.21 bits per heavy atom. The van der Waals surface area contributed by atoms with Crippen molar-refractivity contribution >= 4 is 23.0 Å². The van der Waals surface area contributed by atoms with Crippen LogP contribution in [0.15, 0.2) is 36.4 Å². The topological polar surface area (TPSA) is 84.3 Å². The lowest BCUT2D eigenvalue weighted by atomic mass is 10.1. The van der Waals surface area contributed by atoms with E-state index in [0.29, 0.717) is 12.2 Å². The second-order valence-electron chi connectivity index (χ2n) is 5.44. The van der Waals surface area contributed by atoms with Crippen LogP contribution in [0.4, 0.5) is 17.1 Å². The number of hydrogen-bond donors (Lipinski definition) is 2. The van der Waals surface area contributed by atoms with Crippen LogP contribution >= 0.6 is 0 Å². The number of hydrogen-bond acceptors (Lipinski definition) is 4. The van der Waals surface area contributed by atoms with Crippen molar-refractivity contribution in [2.45, 2.75) is 27.2 Å². The average molecular weight is 327 g/mol. The van der Waals surface area contributed by atoms with E-state index in [1.807, 2.05) is 39.0 Å². The predicted octanol–water partition coefficient (Wildman–Crippen LogP) is 4.15. The number of nitro benzene ring substituents is 1. The third-order valence-corrected chi connectivity index (χ3v) is 3.80. The summed E-state index contributed by atoms with van der Waals surface area (Å²) in [4.78, 5) is 23.3. The third kappa shape index (κ3) is 3.71. The minimum absolute atomic E-state index is 0.106. The summed E-state index contributed by atoms with van der Waals surface area (Å²) < 4.78 is 0. The molecule has 2 N–H and O–H groups in total. The highest BCUT2D eigenvalue weighted by molar-refractivity contribution is 6.05. The van der Waals surface area contributed by atoms with Crippen LogP contribution in [-0.2, 0) is 6.42 Å². The summed E-state index contributed by atoms with van der Waals surface area (Å²) in [5.74, 6) is -0.356. The first-order chi connectivity index (χ1) is 11.5. The quantitative estimate of drug-likeness (QED) is 0.616. The van der Waals surface area contributed by atoms with Gasteiger partial charge >= 0.3 is 0 Å². The SMILES string of the molecule is CCNc1ccc(C(=O)Nc2c(C)cccc2CC)cc1[N+](=O)[O-]. The van der Waals surface area contributed by atoms with Gasteiger partial charge in [-0.1, -0.05) is 25.1 Å². The summed E-state index contributed by atoms with van der Waals surface area (Å²) in [6, 6.07) is 10.3. The number of anilines is 2. The Morgan fingerprint density at radius 3 is 2.58 bits per heavy atom. The molecule has 0 aromatic heterocycles. The summed E-state index contributed by atoms with van der Waals surface area (Å²) >= 11 is 0. The number of benzene rings is 2. The van der Waals surface area contributed by atoms with Crippen molar-refractivity contribution in [2.24, 2.45) is 0 Å². The minimum atomic E-state index is -0.486. The Kier molecular flexibility index (Phi) is 5.52. The number of carbonyl (C=O) groups is 1. The summed E-state index contributed by atoms with van der Waals surface area (Å²) in [5, 5.41) is 17.0. The monoisotopic (exact) mass is 327 g/mol. The Morgan fingerprint density at radius 2 is 1.96 bits per heavy atom. The number of aryl methyl sites for hydroxylation is 2. The number of nitro groups is 1. The molecule has 0 spiro atoms. The fraction of sp³-hybridized carbons (Fsp3) is 0.278. The zero-order valence-corrected chi connectivity index (χ0v) is 14.1. The van der Waals surface area contributed by atoms with E-state index >= 15 is 0 Å². The highest BCUT2D eigenvalue weighted by Gasteiger charge is 2.18. The molecule has 0 aliphatic rings. The molecule has 0 saturated carbocycles. The van der Waals surface area contributed by atoms with Crippen molar-refractivity contribution in [2.75, 3.05) is 17.2 Å². The van der Waals surface area contributed by atoms with Gasteiger partial charge in [0.25, 0.3) is 11.6 Å². The van der Waals surface area contributed by atoms with Crippen LogP contribution in [0.5, 0.6) is 0 Å². The van der Waals surface area contributed by atoms with E-state index in [9.17, 15) is 14.9 Å². The number of carbonyl (C=O) groups excluding carboxylic acids is 1. The zero-order chi connectivity index (χ0) is 17.7. The molecule has 0 heterocycles. The Bertz CT molecular complexity index is 772. The molecule has 2 aromatic rings. The molecule has 2 aromatic carbocycles. The van der Waals surface area contributed by atoms with Crippen LogP contribution in [0.3, 0.4) is 0 Å². The molecule has 0 aliphatic heterocycles. The molecule has 0 unspecified atom stereocenters. The average Bonchev–Trinajstić information content (AvgIpc) is 2.57. The van der Waals surface area contributed by atoms with Gasteiger partial charge in [0.15, 0.2) is 0 Å². The molecule has 0 fully saturated rings. The minimum Gasteiger partial charge on any atom is -0.380 e. The maximum absolute atomic E-state index is 12.5. The van der Waals surface area contributed by atoms with Crippen molar-refractivity contribution in [1.29, 1.82) is 0 Å². The van der Waals surface area contributed by atoms with Crippen LogP contribution in [-0.4, -0.2) is 17.4 Å². The van der Waals surface area contributed by atoms with Crippen molar-refractivity contribution < 1.29 is 9.72 Å². The van der Waals surface area contributed by atoms with Crippen LogP contribution in [0, 0.1) is 17.0 Å². The number of nitrogens with zero attached hydrogens (tertiary/aromatic N) is 1. The molecule has 0 radical (unpaired) electrons. The van der Waals surface area contributed by atoms with Gasteiger partial charge in [0.1, 0.15) is 5.69 Å². The van der Waals surface area contributed by atoms with Gasteiger partial charge in [-0.05, 0) is 43.5 Å². The Labute approximate surface area is 141 Å². The van der Waals surface area contributed by atoms with Gasteiger partial charge in [0, 0.05) is 23.9 Å². The third-order valence-electron chi connectivity index (χ3n) is 3.80. The molecule has 0 saturated heterocycles. The molecule has 1 amide bonds. The number of amides is 1. The first-order valence-corrected chi connectivity index (χ1v) is 7.90. The van der Waals surface area contributed by atoms with Gasteiger partial charge in [-0.25, -0.2) is 0 Å². The van der Waals surface area contributed by atoms with E-state index < -0.39 is 4.92 Å². The largest absolute Gasteiger partial charge is 0.380 e. The summed E-state index contributed by atoms with van der Waals surface area (Å²) in [7, 11) is 0. The van der Waals surface area contributed by atoms with Crippen molar-refractivity contribution in [3.05, 3.63) is 63.2 Å². The maximum atomic E-state index is 12.5. The van der Waals surface area contributed by atoms with Gasteiger partial charge in [0.2, 0.25) is 0 Å². The lowest BCUT2D eigenvalue weighted by Crippen LogP contribution is -2.15. The maximum Gasteiger partial charge on any atom is 0.293 e. The van der Waals surface area contributed by atoms with Crippen LogP contribution in [0.2, 0.25) is 0 Å². The van der Waals surface area contributed by atoms with E-state index in [-0.39, 0.29) is 17.2 Å². The predicted molar refractivity (Wildman–Crippen MR) is 95.8 cm³/mol. The molecule has 0 atom stereocenters. The fourth-order valence-electron chi connectivity index (χ4n) is 2.55. The Hall–Kier alpha value is -2.89. The number of para-hydroxylation sites is 1. The van der Waals surface area contributed by atoms with Gasteiger partial charge in [-0.15, -0.1) is 0 Å². The van der Waals surface area contributed by atoms with Gasteiger partial charge in [-0.2, -0.15) is 0 Å². The second kappa shape index (κ2) is 7.59. The van der Waals surface area contributed by atoms with E-state index in [4.69, 9.17) is 0 Å². The molecule has 2 rings (SSSR count). The van der Waals surface area contributed by atoms with Crippen LogP contribution < -0.4 is 10.6 Å². The number of nitrogens with one attached hydrogen (secondary N) is 2. The van der Waals surface area contributed by atoms with E-state index in [0.717, 1.165) is 23.2 Å². The van der Waals surface area contributed by atoms with Crippen molar-refractivity contribution in [3.63, 3.8) is 0 Å². The lowest BCUT2D eigenvalue weighted by molar-refractivity contribution is -0.384. The van der Waals surface area contributed by atoms with E-state index in [2.05, 4.69) is 10.6 Å². The molecule has 24 heavy (non-hydrogen) atoms. The number of rotatable bonds is 6. The van der Waals surface area contributed by atoms with Gasteiger partial charge in [-0.3, -0.25) is 14.9 Å². The molecule has 126 valence electrons. The fourth-order valence-corrected chi connectivity index (χ4v) is 2.55. The standard InChI is InChI=1S/C18H21N3O3/c1-4-13-8-6-7-12(3)17(13)20-18(22)14-9-10-15(19-5-2)16(11-14)21(23)24/h6-11,19H,4-5H2,1-3H3,(H,20,22). The normalized spacial score (nSPS) is 10.3. The van der Waals surface area contributed by atoms with E-state index in [1.165, 1.54) is 6.07 Å². The zero-order valence-electron chi connectivity index (χ0n) is 14.1. The van der Waals surface area contributed by atoms with Gasteiger partial charge < -0.3 is 10.6 Å². The highest BCUT2D eigenvalue weighted by Crippen LogP contribution is 2.27. The second-order valence-corrected chi connectivity index (χ2v) is 5.44. The van der Waals surface area contributed by atoms with Crippen molar-refractivity contribution in [3.8, 4) is 0 Å². The van der Waals surface area contributed by atoms with Crippen LogP contribution in [0.25, 0.3) is 0 Å². The van der Waals surface area contributed by atoms with Crippen molar-refractivity contribution in [1.82, 2.24) is 0 Å². The smallest absolute Gasteiger partial charge is 0.293 e. The first-order valence-electron chi connectivity index (χ1n) is 7.90. The first kappa shape index (κ1) is 17.5. The Balaban J connectivity index is 2.34. The van der Waals surface area contributed by atoms with Crippen LogP contribution in [0.1, 0.15) is 35.3 Å². The van der Waals surface area contributed by atoms with Gasteiger partial charge in [0.05, 0.1) is 4.92 Å². The molecular formula is C18H21N3O3. The molecule has 6 nitrogen and oxygen atoms in total. The summed E-state index contributed by atoms with van der Waals surface area (Å²) in [6.45, 7) is 6.36. The summed E-state index contributed by atoms with van der Waals surface area (Å²) in [6.07, 6.45) is 0.788. The lowest BCUT2D eigenvalue weighted by Gasteiger charge is -2.13. The summed E-state index contributed by atoms with van der Waals surface area (Å²) in [5.41, 5.74) is 3.31. The molecular weight excluding hydrogens is 306 g/mol. The molecule has 0 aliphatic carbocycles. The molecule has 0 bridgehead atoms. The van der Waals surface area contributed by atoms with E-state index in [1.54, 1.807) is 12.1 Å².